The average molecular weight is 346 g/mol. The van der Waals surface area contributed by atoms with Crippen LogP contribution in [-0.4, -0.2) is 26.0 Å². The molecule has 2 aromatic heterocycles. The van der Waals surface area contributed by atoms with Gasteiger partial charge in [0.15, 0.2) is 5.65 Å². The number of nitrogens with one attached hydrogen (secondary N) is 1. The topological polar surface area (TPSA) is 78.9 Å². The lowest BCUT2D eigenvalue weighted by atomic mass is 10.1. The summed E-state index contributed by atoms with van der Waals surface area (Å²) in [4.78, 5) is 22.9. The van der Waals surface area contributed by atoms with Gasteiger partial charge in [-0.3, -0.25) is 0 Å². The number of carbonyl (C=O) groups is 1. The second kappa shape index (κ2) is 5.29. The predicted octanol–water partition coefficient (Wildman–Crippen LogP) is 3.65. The third-order valence-corrected chi connectivity index (χ3v) is 4.02. The summed E-state index contributed by atoms with van der Waals surface area (Å²) in [5.74, 6) is -0.257. The highest BCUT2D eigenvalue weighted by Crippen LogP contribution is 2.26. The average Bonchev–Trinajstić information content (AvgIpc) is 2.91. The lowest BCUT2D eigenvalue weighted by molar-refractivity contribution is 0.0697. The van der Waals surface area contributed by atoms with E-state index < -0.39 is 5.97 Å². The Morgan fingerprint density at radius 3 is 2.67 bits per heavy atom. The summed E-state index contributed by atoms with van der Waals surface area (Å²) >= 11 is 3.49. The van der Waals surface area contributed by atoms with Gasteiger partial charge in [-0.1, -0.05) is 19.1 Å². The predicted molar refractivity (Wildman–Crippen MR) is 83.4 cm³/mol. The Morgan fingerprint density at radius 1 is 1.33 bits per heavy atom. The van der Waals surface area contributed by atoms with Crippen LogP contribution in [0.25, 0.3) is 22.6 Å². The molecule has 3 aromatic rings. The first-order chi connectivity index (χ1) is 10.1. The van der Waals surface area contributed by atoms with Crippen LogP contribution in [0, 0.1) is 0 Å². The number of aromatic carboxylic acids is 1. The van der Waals surface area contributed by atoms with Gasteiger partial charge in [-0.05, 0) is 40.0 Å². The maximum atomic E-state index is 10.9. The van der Waals surface area contributed by atoms with Gasteiger partial charge >= 0.3 is 5.97 Å². The number of imidazole rings is 1. The van der Waals surface area contributed by atoms with Crippen LogP contribution < -0.4 is 0 Å². The highest BCUT2D eigenvalue weighted by Gasteiger charge is 2.12. The fourth-order valence-electron chi connectivity index (χ4n) is 2.24. The summed E-state index contributed by atoms with van der Waals surface area (Å²) in [5, 5.41) is 8.92. The molecule has 0 saturated heterocycles. The van der Waals surface area contributed by atoms with Gasteiger partial charge in [-0.15, -0.1) is 0 Å². The lowest BCUT2D eigenvalue weighted by Gasteiger charge is -2.00. The zero-order valence-electron chi connectivity index (χ0n) is 11.2. The molecule has 0 atom stereocenters. The van der Waals surface area contributed by atoms with Gasteiger partial charge in [0, 0.05) is 16.2 Å². The third-order valence-electron chi connectivity index (χ3n) is 3.33. The number of aromatic nitrogens is 3. The van der Waals surface area contributed by atoms with Crippen molar-refractivity contribution in [1.29, 1.82) is 0 Å². The molecule has 6 heteroatoms. The van der Waals surface area contributed by atoms with Gasteiger partial charge in [0.25, 0.3) is 0 Å². The molecule has 3 rings (SSSR count). The van der Waals surface area contributed by atoms with E-state index in [1.165, 1.54) is 0 Å². The van der Waals surface area contributed by atoms with E-state index in [-0.39, 0.29) is 5.56 Å². The van der Waals surface area contributed by atoms with Gasteiger partial charge in [0.05, 0.1) is 11.1 Å². The van der Waals surface area contributed by atoms with E-state index in [1.54, 1.807) is 30.5 Å². The SMILES string of the molecule is CCc1c(Br)cnc2nc(-c3ccc(C(=O)O)cc3)[nH]c12. The number of hydrogen-bond acceptors (Lipinski definition) is 3. The summed E-state index contributed by atoms with van der Waals surface area (Å²) in [6.07, 6.45) is 2.61. The molecule has 21 heavy (non-hydrogen) atoms. The quantitative estimate of drug-likeness (QED) is 0.759. The number of hydrogen-bond donors (Lipinski definition) is 2. The summed E-state index contributed by atoms with van der Waals surface area (Å²) in [5.41, 5.74) is 3.78. The molecule has 0 amide bonds. The van der Waals surface area contributed by atoms with Crippen LogP contribution in [-0.2, 0) is 6.42 Å². The standard InChI is InChI=1S/C15H12BrN3O2/c1-2-10-11(16)7-17-14-12(10)18-13(19-14)8-3-5-9(6-4-8)15(20)21/h3-7H,2H2,1H3,(H,20,21)(H,17,18,19). The van der Waals surface area contributed by atoms with E-state index in [1.807, 2.05) is 0 Å². The van der Waals surface area contributed by atoms with E-state index in [2.05, 4.69) is 37.8 Å². The molecule has 0 radical (unpaired) electrons. The number of aromatic amines is 1. The summed E-state index contributed by atoms with van der Waals surface area (Å²) in [7, 11) is 0. The van der Waals surface area contributed by atoms with Crippen LogP contribution >= 0.6 is 15.9 Å². The number of fused-ring (bicyclic) bond motifs is 1. The monoisotopic (exact) mass is 345 g/mol. The van der Waals surface area contributed by atoms with Crippen LogP contribution in [0.1, 0.15) is 22.8 Å². The molecular weight excluding hydrogens is 334 g/mol. The number of benzene rings is 1. The van der Waals surface area contributed by atoms with Crippen molar-refractivity contribution in [3.05, 3.63) is 46.1 Å². The van der Waals surface area contributed by atoms with Gasteiger partial charge in [0.1, 0.15) is 5.82 Å². The van der Waals surface area contributed by atoms with Crippen LogP contribution in [0.5, 0.6) is 0 Å². The van der Waals surface area contributed by atoms with Crippen molar-refractivity contribution in [1.82, 2.24) is 15.0 Å². The molecule has 5 nitrogen and oxygen atoms in total. The molecular formula is C15H12BrN3O2. The largest absolute Gasteiger partial charge is 0.478 e. The van der Waals surface area contributed by atoms with Gasteiger partial charge < -0.3 is 10.1 Å². The smallest absolute Gasteiger partial charge is 0.335 e. The molecule has 1 aromatic carbocycles. The number of pyridine rings is 1. The van der Waals surface area contributed by atoms with Crippen molar-refractivity contribution in [3.63, 3.8) is 0 Å². The lowest BCUT2D eigenvalue weighted by Crippen LogP contribution is -1.95. The number of nitrogens with zero attached hydrogens (tertiary/aromatic N) is 2. The van der Waals surface area contributed by atoms with Gasteiger partial charge in [-0.25, -0.2) is 14.8 Å². The van der Waals surface area contributed by atoms with Crippen LogP contribution in [0.15, 0.2) is 34.9 Å². The van der Waals surface area contributed by atoms with Crippen molar-refractivity contribution in [2.24, 2.45) is 0 Å². The van der Waals surface area contributed by atoms with E-state index in [0.29, 0.717) is 11.5 Å². The van der Waals surface area contributed by atoms with Crippen LogP contribution in [0.2, 0.25) is 0 Å². The number of carboxylic acids is 1. The molecule has 0 spiro atoms. The molecule has 0 unspecified atom stereocenters. The first-order valence-corrected chi connectivity index (χ1v) is 7.26. The number of halogens is 1. The molecule has 0 aliphatic heterocycles. The molecule has 106 valence electrons. The van der Waals surface area contributed by atoms with Crippen molar-refractivity contribution >= 4 is 33.1 Å². The van der Waals surface area contributed by atoms with E-state index in [0.717, 1.165) is 27.5 Å². The van der Waals surface area contributed by atoms with E-state index in [9.17, 15) is 4.79 Å². The third kappa shape index (κ3) is 2.42. The molecule has 2 heterocycles. The molecule has 0 fully saturated rings. The Balaban J connectivity index is 2.10. The number of rotatable bonds is 3. The minimum Gasteiger partial charge on any atom is -0.478 e. The van der Waals surface area contributed by atoms with E-state index >= 15 is 0 Å². The maximum Gasteiger partial charge on any atom is 0.335 e. The summed E-state index contributed by atoms with van der Waals surface area (Å²) < 4.78 is 0.953. The summed E-state index contributed by atoms with van der Waals surface area (Å²) in [6.45, 7) is 2.07. The zero-order chi connectivity index (χ0) is 15.0. The molecule has 0 aliphatic rings. The summed E-state index contributed by atoms with van der Waals surface area (Å²) in [6, 6.07) is 6.60. The minimum atomic E-state index is -0.940. The number of aryl methyl sites for hydroxylation is 1. The molecule has 0 bridgehead atoms. The van der Waals surface area contributed by atoms with Crippen LogP contribution in [0.4, 0.5) is 0 Å². The number of H-pyrrole nitrogens is 1. The Kier molecular flexibility index (Phi) is 3.47. The van der Waals surface area contributed by atoms with Crippen molar-refractivity contribution < 1.29 is 9.90 Å². The van der Waals surface area contributed by atoms with Crippen molar-refractivity contribution in [2.75, 3.05) is 0 Å². The molecule has 0 aliphatic carbocycles. The first-order valence-electron chi connectivity index (χ1n) is 6.47. The fourth-order valence-corrected chi connectivity index (χ4v) is 2.82. The maximum absolute atomic E-state index is 10.9. The Bertz CT molecular complexity index is 825. The number of carboxylic acid groups (broad SMARTS) is 1. The Morgan fingerprint density at radius 2 is 2.05 bits per heavy atom. The van der Waals surface area contributed by atoms with Crippen molar-refractivity contribution in [3.8, 4) is 11.4 Å². The first kappa shape index (κ1) is 13.8. The second-order valence-electron chi connectivity index (χ2n) is 4.60. The fraction of sp³-hybridized carbons (Fsp3) is 0.133. The molecule has 0 saturated carbocycles. The van der Waals surface area contributed by atoms with E-state index in [4.69, 9.17) is 5.11 Å². The Hall–Kier alpha value is -2.21. The highest BCUT2D eigenvalue weighted by molar-refractivity contribution is 9.10. The zero-order valence-corrected chi connectivity index (χ0v) is 12.8. The van der Waals surface area contributed by atoms with Crippen LogP contribution in [0.3, 0.4) is 0 Å². The van der Waals surface area contributed by atoms with Gasteiger partial charge in [-0.2, -0.15) is 0 Å². The van der Waals surface area contributed by atoms with Gasteiger partial charge in [0.2, 0.25) is 0 Å². The minimum absolute atomic E-state index is 0.255. The second-order valence-corrected chi connectivity index (χ2v) is 5.46. The molecule has 2 N–H and O–H groups in total. The highest BCUT2D eigenvalue weighted by atomic mass is 79.9. The van der Waals surface area contributed by atoms with Crippen molar-refractivity contribution in [2.45, 2.75) is 13.3 Å². The Labute approximate surface area is 129 Å². The normalized spacial score (nSPS) is 11.0.